The zero-order chi connectivity index (χ0) is 15.2. The molecule has 0 fully saturated rings. The van der Waals surface area contributed by atoms with E-state index in [0.29, 0.717) is 29.4 Å². The molecule has 2 aromatic carbocycles. The van der Waals surface area contributed by atoms with Crippen molar-refractivity contribution in [2.24, 2.45) is 0 Å². The van der Waals surface area contributed by atoms with E-state index in [9.17, 15) is 15.2 Å². The number of halogens is 1. The lowest BCUT2D eigenvalue weighted by molar-refractivity contribution is -0.384. The average molecular weight is 308 g/mol. The third-order valence-corrected chi connectivity index (χ3v) is 3.22. The van der Waals surface area contributed by atoms with Gasteiger partial charge >= 0.3 is 0 Å². The molecule has 6 heteroatoms. The minimum atomic E-state index is -0.429. The van der Waals surface area contributed by atoms with Gasteiger partial charge in [0.15, 0.2) is 0 Å². The van der Waals surface area contributed by atoms with Gasteiger partial charge in [-0.3, -0.25) is 10.1 Å². The fraction of sp³-hybridized carbons (Fsp3) is 0.200. The summed E-state index contributed by atoms with van der Waals surface area (Å²) in [5.74, 6) is 0.587. The lowest BCUT2D eigenvalue weighted by Gasteiger charge is -2.10. The Bertz CT molecular complexity index is 628. The molecule has 2 aromatic rings. The Morgan fingerprint density at radius 2 is 1.90 bits per heavy atom. The smallest absolute Gasteiger partial charge is 0.269 e. The zero-order valence-corrected chi connectivity index (χ0v) is 11.9. The number of benzene rings is 2. The largest absolute Gasteiger partial charge is 0.493 e. The van der Waals surface area contributed by atoms with E-state index in [0.717, 1.165) is 5.56 Å². The molecule has 0 unspecified atom stereocenters. The van der Waals surface area contributed by atoms with E-state index in [1.165, 1.54) is 12.1 Å². The molecule has 5 nitrogen and oxygen atoms in total. The number of non-ortho nitro benzene ring substituents is 1. The number of aliphatic hydroxyl groups is 1. The van der Waals surface area contributed by atoms with Gasteiger partial charge in [-0.15, -0.1) is 0 Å². The second-order valence-electron chi connectivity index (χ2n) is 4.43. The lowest BCUT2D eigenvalue weighted by Crippen LogP contribution is -2.03. The van der Waals surface area contributed by atoms with Crippen LogP contribution in [0.1, 0.15) is 11.1 Å². The fourth-order valence-electron chi connectivity index (χ4n) is 1.88. The lowest BCUT2D eigenvalue weighted by atomic mass is 10.1. The monoisotopic (exact) mass is 307 g/mol. The summed E-state index contributed by atoms with van der Waals surface area (Å²) >= 11 is 5.84. The second kappa shape index (κ2) is 7.06. The predicted molar refractivity (Wildman–Crippen MR) is 79.7 cm³/mol. The van der Waals surface area contributed by atoms with Crippen molar-refractivity contribution in [3.63, 3.8) is 0 Å². The Kier molecular flexibility index (Phi) is 5.14. The molecule has 0 heterocycles. The molecular weight excluding hydrogens is 294 g/mol. The predicted octanol–water partition coefficient (Wildman–Crippen LogP) is 3.36. The van der Waals surface area contributed by atoms with E-state index in [-0.39, 0.29) is 12.3 Å². The molecule has 0 aromatic heterocycles. The van der Waals surface area contributed by atoms with E-state index in [1.807, 2.05) is 0 Å². The third kappa shape index (κ3) is 4.18. The Labute approximate surface area is 126 Å². The summed E-state index contributed by atoms with van der Waals surface area (Å²) in [5.41, 5.74) is 1.64. The molecule has 0 spiro atoms. The number of hydrogen-bond donors (Lipinski definition) is 1. The summed E-state index contributed by atoms with van der Waals surface area (Å²) in [6.45, 7) is 0.264. The Hall–Kier alpha value is -2.11. The minimum Gasteiger partial charge on any atom is -0.493 e. The van der Waals surface area contributed by atoms with Crippen LogP contribution in [-0.4, -0.2) is 16.6 Å². The van der Waals surface area contributed by atoms with E-state index in [2.05, 4.69) is 0 Å². The summed E-state index contributed by atoms with van der Waals surface area (Å²) in [5, 5.41) is 20.3. The molecule has 21 heavy (non-hydrogen) atoms. The van der Waals surface area contributed by atoms with Gasteiger partial charge in [0.25, 0.3) is 5.69 Å². The Balaban J connectivity index is 1.93. The Morgan fingerprint density at radius 1 is 1.19 bits per heavy atom. The highest BCUT2D eigenvalue weighted by Gasteiger charge is 2.06. The highest BCUT2D eigenvalue weighted by Crippen LogP contribution is 2.23. The van der Waals surface area contributed by atoms with Crippen LogP contribution in [0.3, 0.4) is 0 Å². The van der Waals surface area contributed by atoms with Crippen LogP contribution in [0.2, 0.25) is 5.02 Å². The Morgan fingerprint density at radius 3 is 2.52 bits per heavy atom. The van der Waals surface area contributed by atoms with Gasteiger partial charge in [0, 0.05) is 29.1 Å². The van der Waals surface area contributed by atoms with Crippen molar-refractivity contribution in [2.45, 2.75) is 13.0 Å². The summed E-state index contributed by atoms with van der Waals surface area (Å²) < 4.78 is 5.61. The summed E-state index contributed by atoms with van der Waals surface area (Å²) in [7, 11) is 0. The highest BCUT2D eigenvalue weighted by atomic mass is 35.5. The van der Waals surface area contributed by atoms with E-state index < -0.39 is 4.92 Å². The van der Waals surface area contributed by atoms with Gasteiger partial charge in [-0.1, -0.05) is 23.7 Å². The van der Waals surface area contributed by atoms with Gasteiger partial charge in [-0.05, 0) is 23.8 Å². The topological polar surface area (TPSA) is 72.6 Å². The van der Waals surface area contributed by atoms with Crippen molar-refractivity contribution in [3.8, 4) is 5.75 Å². The van der Waals surface area contributed by atoms with Gasteiger partial charge in [-0.25, -0.2) is 0 Å². The van der Waals surface area contributed by atoms with Crippen LogP contribution in [-0.2, 0) is 13.0 Å². The van der Waals surface area contributed by atoms with Crippen LogP contribution in [0.15, 0.2) is 42.5 Å². The van der Waals surface area contributed by atoms with Gasteiger partial charge < -0.3 is 9.84 Å². The van der Waals surface area contributed by atoms with Crippen molar-refractivity contribution in [1.29, 1.82) is 0 Å². The standard InChI is InChI=1S/C15H14ClNO4/c16-13-3-6-15(12(9-13)10-18)21-8-7-11-1-4-14(5-2-11)17(19)20/h1-6,9,18H,7-8,10H2. The molecule has 1 N–H and O–H groups in total. The molecule has 0 saturated heterocycles. The van der Waals surface area contributed by atoms with Crippen molar-refractivity contribution >= 4 is 17.3 Å². The van der Waals surface area contributed by atoms with Crippen LogP contribution in [0, 0.1) is 10.1 Å². The quantitative estimate of drug-likeness (QED) is 0.656. The second-order valence-corrected chi connectivity index (χ2v) is 4.87. The maximum absolute atomic E-state index is 10.6. The number of rotatable bonds is 6. The first-order valence-electron chi connectivity index (χ1n) is 6.35. The fourth-order valence-corrected chi connectivity index (χ4v) is 2.07. The molecule has 2 rings (SSSR count). The molecule has 0 bridgehead atoms. The molecule has 0 radical (unpaired) electrons. The summed E-state index contributed by atoms with van der Waals surface area (Å²) in [4.78, 5) is 10.1. The van der Waals surface area contributed by atoms with E-state index >= 15 is 0 Å². The van der Waals surface area contributed by atoms with Crippen molar-refractivity contribution in [2.75, 3.05) is 6.61 Å². The van der Waals surface area contributed by atoms with Gasteiger partial charge in [0.05, 0.1) is 18.1 Å². The number of ether oxygens (including phenoxy) is 1. The minimum absolute atomic E-state index is 0.0694. The van der Waals surface area contributed by atoms with Crippen LogP contribution in [0.5, 0.6) is 5.75 Å². The normalized spacial score (nSPS) is 10.4. The molecule has 0 saturated carbocycles. The molecule has 0 aliphatic heterocycles. The maximum atomic E-state index is 10.6. The van der Waals surface area contributed by atoms with Gasteiger partial charge in [0.1, 0.15) is 5.75 Å². The molecule has 0 atom stereocenters. The van der Waals surface area contributed by atoms with Crippen molar-refractivity contribution in [1.82, 2.24) is 0 Å². The first-order valence-corrected chi connectivity index (χ1v) is 6.73. The third-order valence-electron chi connectivity index (χ3n) is 2.99. The zero-order valence-electron chi connectivity index (χ0n) is 11.2. The van der Waals surface area contributed by atoms with Crippen LogP contribution < -0.4 is 4.74 Å². The SMILES string of the molecule is O=[N+]([O-])c1ccc(CCOc2ccc(Cl)cc2CO)cc1. The first kappa shape index (κ1) is 15.3. The molecule has 0 amide bonds. The molecule has 0 aliphatic rings. The average Bonchev–Trinajstić information content (AvgIpc) is 2.49. The number of nitro benzene ring substituents is 1. The van der Waals surface area contributed by atoms with Crippen LogP contribution in [0.25, 0.3) is 0 Å². The van der Waals surface area contributed by atoms with Crippen LogP contribution in [0.4, 0.5) is 5.69 Å². The van der Waals surface area contributed by atoms with Gasteiger partial charge in [-0.2, -0.15) is 0 Å². The van der Waals surface area contributed by atoms with Crippen molar-refractivity contribution < 1.29 is 14.8 Å². The number of nitro groups is 1. The number of aliphatic hydroxyl groups excluding tert-OH is 1. The maximum Gasteiger partial charge on any atom is 0.269 e. The van der Waals surface area contributed by atoms with E-state index in [1.54, 1.807) is 30.3 Å². The van der Waals surface area contributed by atoms with Crippen LogP contribution >= 0.6 is 11.6 Å². The van der Waals surface area contributed by atoms with Crippen molar-refractivity contribution in [3.05, 3.63) is 68.7 Å². The molecular formula is C15H14ClNO4. The number of nitrogens with zero attached hydrogens (tertiary/aromatic N) is 1. The summed E-state index contributed by atoms with van der Waals surface area (Å²) in [6, 6.07) is 11.4. The van der Waals surface area contributed by atoms with E-state index in [4.69, 9.17) is 16.3 Å². The molecule has 0 aliphatic carbocycles. The number of hydrogen-bond acceptors (Lipinski definition) is 4. The highest BCUT2D eigenvalue weighted by molar-refractivity contribution is 6.30. The first-order chi connectivity index (χ1) is 10.1. The molecule has 110 valence electrons. The van der Waals surface area contributed by atoms with Gasteiger partial charge in [0.2, 0.25) is 0 Å². The summed E-state index contributed by atoms with van der Waals surface area (Å²) in [6.07, 6.45) is 0.617.